The number of nitrogens with zero attached hydrogens (tertiary/aromatic N) is 3. The number of nitriles is 1. The van der Waals surface area contributed by atoms with Crippen LogP contribution in [-0.2, 0) is 17.8 Å². The van der Waals surface area contributed by atoms with Crippen LogP contribution in [0.3, 0.4) is 0 Å². The van der Waals surface area contributed by atoms with E-state index in [2.05, 4.69) is 11.4 Å². The van der Waals surface area contributed by atoms with E-state index in [1.54, 1.807) is 59.6 Å². The van der Waals surface area contributed by atoms with Crippen molar-refractivity contribution >= 4 is 29.0 Å². The number of carbonyl (C=O) groups is 2. The van der Waals surface area contributed by atoms with Crippen molar-refractivity contribution in [2.24, 2.45) is 0 Å². The van der Waals surface area contributed by atoms with Gasteiger partial charge in [0.1, 0.15) is 6.54 Å². The van der Waals surface area contributed by atoms with Gasteiger partial charge < -0.3 is 24.6 Å². The highest BCUT2D eigenvalue weighted by molar-refractivity contribution is 7.09. The second kappa shape index (κ2) is 14.1. The van der Waals surface area contributed by atoms with Crippen molar-refractivity contribution < 1.29 is 19.1 Å². The SMILES string of the molecule is CC[C@H](C)N(CC(=O)N(CCc1ccc(OC)c(OC)c1)Cc1cccs1)C(=O)Nc1cccc(C#N)c1. The van der Waals surface area contributed by atoms with Crippen molar-refractivity contribution in [1.29, 1.82) is 5.26 Å². The molecule has 0 aliphatic heterocycles. The molecule has 1 heterocycles. The van der Waals surface area contributed by atoms with Crippen LogP contribution in [0.2, 0.25) is 0 Å². The molecule has 0 fully saturated rings. The second-order valence-corrected chi connectivity index (χ2v) is 9.87. The number of amides is 3. The quantitative estimate of drug-likeness (QED) is 0.329. The lowest BCUT2D eigenvalue weighted by atomic mass is 10.1. The van der Waals surface area contributed by atoms with Gasteiger partial charge in [0.15, 0.2) is 11.5 Å². The monoisotopic (exact) mass is 534 g/mol. The normalized spacial score (nSPS) is 11.2. The average molecular weight is 535 g/mol. The van der Waals surface area contributed by atoms with Crippen molar-refractivity contribution in [3.8, 4) is 17.6 Å². The standard InChI is InChI=1S/C29H34N4O4S/c1-5-21(2)33(29(35)31-24-9-6-8-23(16-24)18-30)20-28(34)32(19-25-10-7-15-38-25)14-13-22-11-12-26(36-3)27(17-22)37-4/h6-12,15-17,21H,5,13-14,19-20H2,1-4H3,(H,31,35)/t21-/m0/s1. The van der Waals surface area contributed by atoms with Gasteiger partial charge in [-0.15, -0.1) is 11.3 Å². The molecule has 3 aromatic rings. The summed E-state index contributed by atoms with van der Waals surface area (Å²) in [5.41, 5.74) is 1.98. The average Bonchev–Trinajstić information content (AvgIpc) is 3.46. The van der Waals surface area contributed by atoms with Crippen LogP contribution in [0.4, 0.5) is 10.5 Å². The molecule has 0 unspecified atom stereocenters. The molecule has 0 aliphatic rings. The molecule has 3 rings (SSSR count). The lowest BCUT2D eigenvalue weighted by molar-refractivity contribution is -0.132. The Balaban J connectivity index is 1.76. The highest BCUT2D eigenvalue weighted by Gasteiger charge is 2.25. The van der Waals surface area contributed by atoms with E-state index in [1.807, 2.05) is 49.6 Å². The zero-order valence-corrected chi connectivity index (χ0v) is 23.1. The number of rotatable bonds is 12. The first-order valence-electron chi connectivity index (χ1n) is 12.5. The molecular weight excluding hydrogens is 500 g/mol. The Morgan fingerprint density at radius 3 is 2.53 bits per heavy atom. The number of anilines is 1. The van der Waals surface area contributed by atoms with E-state index in [4.69, 9.17) is 14.7 Å². The van der Waals surface area contributed by atoms with Gasteiger partial charge in [-0.2, -0.15) is 5.26 Å². The summed E-state index contributed by atoms with van der Waals surface area (Å²) in [6.07, 6.45) is 1.31. The van der Waals surface area contributed by atoms with Crippen LogP contribution in [0.15, 0.2) is 60.0 Å². The summed E-state index contributed by atoms with van der Waals surface area (Å²) in [5.74, 6) is 1.15. The van der Waals surface area contributed by atoms with Gasteiger partial charge in [-0.25, -0.2) is 4.79 Å². The molecule has 0 radical (unpaired) electrons. The summed E-state index contributed by atoms with van der Waals surface area (Å²) in [4.78, 5) is 31.3. The Kier molecular flexibility index (Phi) is 10.6. The number of nitrogens with one attached hydrogen (secondary N) is 1. The third-order valence-electron chi connectivity index (χ3n) is 6.33. The second-order valence-electron chi connectivity index (χ2n) is 8.84. The maximum Gasteiger partial charge on any atom is 0.322 e. The van der Waals surface area contributed by atoms with Crippen molar-refractivity contribution in [2.75, 3.05) is 32.6 Å². The molecule has 9 heteroatoms. The zero-order valence-electron chi connectivity index (χ0n) is 22.3. The third kappa shape index (κ3) is 7.73. The molecule has 38 heavy (non-hydrogen) atoms. The van der Waals surface area contributed by atoms with Crippen molar-refractivity contribution in [1.82, 2.24) is 9.80 Å². The molecule has 0 saturated carbocycles. The minimum absolute atomic E-state index is 0.0594. The molecule has 2 aromatic carbocycles. The first kappa shape index (κ1) is 28.5. The van der Waals surface area contributed by atoms with Gasteiger partial charge in [-0.3, -0.25) is 4.79 Å². The Morgan fingerprint density at radius 1 is 1.08 bits per heavy atom. The van der Waals surface area contributed by atoms with Gasteiger partial charge in [-0.05, 0) is 67.1 Å². The summed E-state index contributed by atoms with van der Waals surface area (Å²) in [7, 11) is 3.19. The summed E-state index contributed by atoms with van der Waals surface area (Å²) in [6, 6.07) is 18.0. The number of benzene rings is 2. The van der Waals surface area contributed by atoms with E-state index in [-0.39, 0.29) is 24.5 Å². The molecule has 3 amide bonds. The van der Waals surface area contributed by atoms with Crippen LogP contribution in [-0.4, -0.2) is 55.1 Å². The summed E-state index contributed by atoms with van der Waals surface area (Å²) in [5, 5.41) is 14.0. The van der Waals surface area contributed by atoms with Crippen molar-refractivity contribution in [3.05, 3.63) is 76.0 Å². The minimum Gasteiger partial charge on any atom is -0.493 e. The maximum absolute atomic E-state index is 13.6. The van der Waals surface area contributed by atoms with E-state index in [0.29, 0.717) is 48.7 Å². The Bertz CT molecular complexity index is 1260. The fourth-order valence-electron chi connectivity index (χ4n) is 3.94. The largest absolute Gasteiger partial charge is 0.493 e. The number of urea groups is 1. The molecule has 1 aromatic heterocycles. The predicted octanol–water partition coefficient (Wildman–Crippen LogP) is 5.54. The molecule has 0 bridgehead atoms. The van der Waals surface area contributed by atoms with Crippen LogP contribution in [0.1, 0.15) is 36.3 Å². The Labute approximate surface area is 228 Å². The van der Waals surface area contributed by atoms with Gasteiger partial charge in [0.05, 0.1) is 32.4 Å². The van der Waals surface area contributed by atoms with Crippen LogP contribution in [0, 0.1) is 11.3 Å². The highest BCUT2D eigenvalue weighted by Crippen LogP contribution is 2.28. The van der Waals surface area contributed by atoms with Gasteiger partial charge in [0.25, 0.3) is 0 Å². The molecule has 0 spiro atoms. The van der Waals surface area contributed by atoms with Gasteiger partial charge >= 0.3 is 6.03 Å². The number of thiophene rings is 1. The van der Waals surface area contributed by atoms with E-state index in [0.717, 1.165) is 10.4 Å². The molecule has 0 saturated heterocycles. The van der Waals surface area contributed by atoms with Crippen LogP contribution in [0.25, 0.3) is 0 Å². The van der Waals surface area contributed by atoms with E-state index >= 15 is 0 Å². The lowest BCUT2D eigenvalue weighted by Gasteiger charge is -2.31. The van der Waals surface area contributed by atoms with E-state index in [1.165, 1.54) is 0 Å². The number of ether oxygens (including phenoxy) is 2. The number of methoxy groups -OCH3 is 2. The summed E-state index contributed by atoms with van der Waals surface area (Å²) < 4.78 is 10.8. The number of carbonyl (C=O) groups excluding carboxylic acids is 2. The molecular formula is C29H34N4O4S. The molecule has 1 N–H and O–H groups in total. The summed E-state index contributed by atoms with van der Waals surface area (Å²) >= 11 is 1.59. The molecule has 8 nitrogen and oxygen atoms in total. The zero-order chi connectivity index (χ0) is 27.5. The highest BCUT2D eigenvalue weighted by atomic mass is 32.1. The number of hydrogen-bond acceptors (Lipinski definition) is 6. The molecule has 0 aliphatic carbocycles. The first-order chi connectivity index (χ1) is 18.4. The first-order valence-corrected chi connectivity index (χ1v) is 13.3. The van der Waals surface area contributed by atoms with Gasteiger partial charge in [0, 0.05) is 23.2 Å². The van der Waals surface area contributed by atoms with Crippen LogP contribution in [0.5, 0.6) is 11.5 Å². The smallest absolute Gasteiger partial charge is 0.322 e. The predicted molar refractivity (Wildman–Crippen MR) is 150 cm³/mol. The molecule has 200 valence electrons. The maximum atomic E-state index is 13.6. The Hall–Kier alpha value is -4.03. The summed E-state index contributed by atoms with van der Waals surface area (Å²) in [6.45, 7) is 4.78. The van der Waals surface area contributed by atoms with Crippen LogP contribution < -0.4 is 14.8 Å². The van der Waals surface area contributed by atoms with E-state index < -0.39 is 0 Å². The van der Waals surface area contributed by atoms with Crippen molar-refractivity contribution in [3.63, 3.8) is 0 Å². The van der Waals surface area contributed by atoms with Gasteiger partial charge in [-0.1, -0.05) is 25.1 Å². The van der Waals surface area contributed by atoms with Crippen LogP contribution >= 0.6 is 11.3 Å². The Morgan fingerprint density at radius 2 is 1.87 bits per heavy atom. The number of hydrogen-bond donors (Lipinski definition) is 1. The molecule has 1 atom stereocenters. The third-order valence-corrected chi connectivity index (χ3v) is 7.19. The lowest BCUT2D eigenvalue weighted by Crippen LogP contribution is -2.48. The van der Waals surface area contributed by atoms with Gasteiger partial charge in [0.2, 0.25) is 5.91 Å². The van der Waals surface area contributed by atoms with E-state index in [9.17, 15) is 9.59 Å². The minimum atomic E-state index is -0.376. The van der Waals surface area contributed by atoms with Crippen molar-refractivity contribution in [2.45, 2.75) is 39.3 Å². The fourth-order valence-corrected chi connectivity index (χ4v) is 4.66. The topological polar surface area (TPSA) is 94.9 Å². The fraction of sp³-hybridized carbons (Fsp3) is 0.345.